The summed E-state index contributed by atoms with van der Waals surface area (Å²) in [5, 5.41) is 0. The van der Waals surface area contributed by atoms with E-state index in [-0.39, 0.29) is 24.0 Å². The van der Waals surface area contributed by atoms with Crippen LogP contribution in [0.15, 0.2) is 0 Å². The van der Waals surface area contributed by atoms with E-state index in [0.717, 1.165) is 0 Å². The molecule has 1 heterocycles. The van der Waals surface area contributed by atoms with E-state index in [2.05, 4.69) is 26.4 Å². The quantitative estimate of drug-likeness (QED) is 0.270. The monoisotopic (exact) mass is 203 g/mol. The standard InChI is InChI=1S/C3H6N6.CH4N2O.H3N/c4-1-7-2(5)9-3(6)8-1;2-1(3)4;/h(H6,4,5,6,7,8,9);(H4,2,3,4);1H3. The van der Waals surface area contributed by atoms with E-state index in [1.54, 1.807) is 0 Å². The molecule has 0 radical (unpaired) electrons. The zero-order valence-electron chi connectivity index (χ0n) is 7.34. The normalized spacial score (nSPS) is 7.71. The second-order valence-electron chi connectivity index (χ2n) is 1.81. The molecule has 0 atom stereocenters. The van der Waals surface area contributed by atoms with E-state index in [4.69, 9.17) is 22.0 Å². The predicted molar refractivity (Wildman–Crippen MR) is 51.9 cm³/mol. The third-order valence-electron chi connectivity index (χ3n) is 0.687. The van der Waals surface area contributed by atoms with Gasteiger partial charge in [0.2, 0.25) is 17.8 Å². The first-order chi connectivity index (χ1) is 5.91. The van der Waals surface area contributed by atoms with E-state index in [1.807, 2.05) is 0 Å². The predicted octanol–water partition coefficient (Wildman–Crippen LogP) is -2.20. The highest BCUT2D eigenvalue weighted by molar-refractivity contribution is 5.69. The highest BCUT2D eigenvalue weighted by Crippen LogP contribution is 1.97. The van der Waals surface area contributed by atoms with Crippen molar-refractivity contribution in [2.75, 3.05) is 17.2 Å². The molecule has 13 N–H and O–H groups in total. The van der Waals surface area contributed by atoms with E-state index in [0.29, 0.717) is 0 Å². The Bertz CT molecular complexity index is 244. The van der Waals surface area contributed by atoms with Crippen molar-refractivity contribution in [1.29, 1.82) is 0 Å². The Morgan fingerprint density at radius 2 is 1.00 bits per heavy atom. The van der Waals surface area contributed by atoms with Crippen LogP contribution < -0.4 is 34.8 Å². The minimum absolute atomic E-state index is 0. The van der Waals surface area contributed by atoms with E-state index < -0.39 is 6.03 Å². The fourth-order valence-corrected chi connectivity index (χ4v) is 0.427. The number of rotatable bonds is 0. The fourth-order valence-electron chi connectivity index (χ4n) is 0.427. The van der Waals surface area contributed by atoms with Gasteiger partial charge in [0.1, 0.15) is 0 Å². The summed E-state index contributed by atoms with van der Waals surface area (Å²) in [6.07, 6.45) is 0. The van der Waals surface area contributed by atoms with E-state index in [1.165, 1.54) is 0 Å². The smallest absolute Gasteiger partial charge is 0.309 e. The van der Waals surface area contributed by atoms with Crippen LogP contribution in [0.1, 0.15) is 0 Å². The van der Waals surface area contributed by atoms with Gasteiger partial charge in [-0.15, -0.1) is 0 Å². The summed E-state index contributed by atoms with van der Waals surface area (Å²) in [6, 6.07) is -0.833. The number of nitrogen functional groups attached to an aromatic ring is 3. The number of aromatic nitrogens is 3. The summed E-state index contributed by atoms with van der Waals surface area (Å²) < 4.78 is 0. The van der Waals surface area contributed by atoms with Gasteiger partial charge in [-0.3, -0.25) is 0 Å². The lowest BCUT2D eigenvalue weighted by Gasteiger charge is -1.93. The third kappa shape index (κ3) is 7.74. The average Bonchev–Trinajstić information content (AvgIpc) is 1.80. The van der Waals surface area contributed by atoms with Crippen LogP contribution in [0.2, 0.25) is 0 Å². The molecule has 1 aromatic heterocycles. The Kier molecular flexibility index (Phi) is 6.27. The molecular weight excluding hydrogens is 190 g/mol. The Morgan fingerprint density at radius 1 is 0.857 bits per heavy atom. The average molecular weight is 203 g/mol. The number of amides is 2. The Labute approximate surface area is 79.5 Å². The van der Waals surface area contributed by atoms with Crippen LogP contribution in [-0.2, 0) is 0 Å². The molecule has 14 heavy (non-hydrogen) atoms. The lowest BCUT2D eigenvalue weighted by Crippen LogP contribution is -2.18. The molecule has 0 spiro atoms. The van der Waals surface area contributed by atoms with Crippen LogP contribution in [0.3, 0.4) is 0 Å². The minimum Gasteiger partial charge on any atom is -0.368 e. The number of carbonyl (C=O) groups is 1. The number of primary amides is 2. The summed E-state index contributed by atoms with van der Waals surface area (Å²) in [6.45, 7) is 0. The number of anilines is 3. The van der Waals surface area contributed by atoms with Gasteiger partial charge in [-0.05, 0) is 0 Å². The highest BCUT2D eigenvalue weighted by atomic mass is 16.2. The van der Waals surface area contributed by atoms with Gasteiger partial charge in [0.25, 0.3) is 0 Å². The van der Waals surface area contributed by atoms with Gasteiger partial charge in [0.05, 0.1) is 0 Å². The molecule has 2 amide bonds. The molecule has 1 aromatic rings. The van der Waals surface area contributed by atoms with E-state index in [9.17, 15) is 0 Å². The second kappa shape index (κ2) is 6.19. The van der Waals surface area contributed by atoms with Gasteiger partial charge >= 0.3 is 6.03 Å². The Morgan fingerprint density at radius 3 is 1.14 bits per heavy atom. The molecule has 10 nitrogen and oxygen atoms in total. The molecule has 10 heteroatoms. The first-order valence-corrected chi connectivity index (χ1v) is 2.99. The van der Waals surface area contributed by atoms with E-state index >= 15 is 0 Å². The molecule has 0 unspecified atom stereocenters. The van der Waals surface area contributed by atoms with Crippen LogP contribution in [0.4, 0.5) is 22.6 Å². The molecule has 1 rings (SSSR count). The van der Waals surface area contributed by atoms with Crippen LogP contribution in [0.25, 0.3) is 0 Å². The number of hydrogen-bond donors (Lipinski definition) is 6. The fraction of sp³-hybridized carbons (Fsp3) is 0. The van der Waals surface area contributed by atoms with Crippen molar-refractivity contribution in [2.24, 2.45) is 11.5 Å². The van der Waals surface area contributed by atoms with Crippen LogP contribution in [-0.4, -0.2) is 21.0 Å². The van der Waals surface area contributed by atoms with Gasteiger partial charge in [-0.2, -0.15) is 15.0 Å². The largest absolute Gasteiger partial charge is 0.368 e. The second-order valence-corrected chi connectivity index (χ2v) is 1.81. The lowest BCUT2D eigenvalue weighted by molar-refractivity contribution is 0.256. The van der Waals surface area contributed by atoms with Crippen LogP contribution in [0, 0.1) is 0 Å². The topological polar surface area (TPSA) is 221 Å². The van der Waals surface area contributed by atoms with Crippen molar-refractivity contribution in [3.05, 3.63) is 0 Å². The number of urea groups is 1. The molecule has 0 saturated carbocycles. The van der Waals surface area contributed by atoms with Gasteiger partial charge in [-0.25, -0.2) is 4.79 Å². The van der Waals surface area contributed by atoms with Crippen LogP contribution in [0.5, 0.6) is 0 Å². The first kappa shape index (κ1) is 14.2. The zero-order chi connectivity index (χ0) is 10.4. The van der Waals surface area contributed by atoms with Crippen molar-refractivity contribution in [3.8, 4) is 0 Å². The molecule has 0 aliphatic rings. The van der Waals surface area contributed by atoms with Crippen molar-refractivity contribution < 1.29 is 4.79 Å². The van der Waals surface area contributed by atoms with Crippen molar-refractivity contribution in [3.63, 3.8) is 0 Å². The summed E-state index contributed by atoms with van der Waals surface area (Å²) in [5.41, 5.74) is 23.9. The Balaban J connectivity index is 0. The van der Waals surface area contributed by atoms with Gasteiger partial charge < -0.3 is 34.8 Å². The molecule has 0 aromatic carbocycles. The molecule has 0 aliphatic heterocycles. The van der Waals surface area contributed by atoms with Crippen molar-refractivity contribution >= 4 is 23.9 Å². The summed E-state index contributed by atoms with van der Waals surface area (Å²) >= 11 is 0. The molecule has 0 fully saturated rings. The maximum Gasteiger partial charge on any atom is 0.309 e. The van der Waals surface area contributed by atoms with Crippen molar-refractivity contribution in [1.82, 2.24) is 21.1 Å². The number of nitrogens with zero attached hydrogens (tertiary/aromatic N) is 3. The molecule has 0 bridgehead atoms. The molecule has 80 valence electrons. The highest BCUT2D eigenvalue weighted by Gasteiger charge is 1.93. The van der Waals surface area contributed by atoms with Gasteiger partial charge in [0.15, 0.2) is 0 Å². The summed E-state index contributed by atoms with van der Waals surface area (Å²) in [5.74, 6) is 0.125. The van der Waals surface area contributed by atoms with Crippen molar-refractivity contribution in [2.45, 2.75) is 0 Å². The maximum absolute atomic E-state index is 9.00. The molecule has 0 aliphatic carbocycles. The molecule has 0 saturated heterocycles. The minimum atomic E-state index is -0.833. The molecular formula is C4H13N9O. The maximum atomic E-state index is 9.00. The van der Waals surface area contributed by atoms with Gasteiger partial charge in [-0.1, -0.05) is 0 Å². The number of carbonyl (C=O) groups excluding carboxylic acids is 1. The third-order valence-corrected chi connectivity index (χ3v) is 0.687. The Hall–Kier alpha value is -2.36. The lowest BCUT2D eigenvalue weighted by atomic mass is 10.9. The SMILES string of the molecule is N.NC(N)=O.Nc1nc(N)nc(N)n1. The first-order valence-electron chi connectivity index (χ1n) is 2.99. The number of nitrogens with two attached hydrogens (primary N) is 5. The zero-order valence-corrected chi connectivity index (χ0v) is 7.34. The summed E-state index contributed by atoms with van der Waals surface area (Å²) in [7, 11) is 0. The summed E-state index contributed by atoms with van der Waals surface area (Å²) in [4.78, 5) is 19.5. The van der Waals surface area contributed by atoms with Crippen LogP contribution >= 0.6 is 0 Å². The number of hydrogen-bond acceptors (Lipinski definition) is 8. The van der Waals surface area contributed by atoms with Gasteiger partial charge in [0, 0.05) is 0 Å².